The van der Waals surface area contributed by atoms with Crippen molar-refractivity contribution in [1.29, 1.82) is 0 Å². The molecule has 1 aliphatic carbocycles. The first kappa shape index (κ1) is 32.3. The molecule has 1 amide bonds. The number of fused-ring (bicyclic) bond motifs is 2. The minimum Gasteiger partial charge on any atom is -0.542 e. The molecule has 2 aliphatic rings. The molecule has 16 heteroatoms. The van der Waals surface area contributed by atoms with E-state index in [-0.39, 0.29) is 0 Å². The normalized spacial score (nSPS) is 19.7. The highest BCUT2D eigenvalue weighted by atomic mass is 19.4. The molecule has 6 N–H and O–H groups in total. The van der Waals surface area contributed by atoms with Crippen LogP contribution in [0.25, 0.3) is 16.6 Å². The number of carbonyl (C=O) groups is 3. The van der Waals surface area contributed by atoms with E-state index in [0.29, 0.717) is 11.1 Å². The lowest BCUT2D eigenvalue weighted by Crippen LogP contribution is -2.91. The number of hydrogen-bond donors (Lipinski definition) is 3. The van der Waals surface area contributed by atoms with E-state index in [1.54, 1.807) is 6.07 Å². The zero-order valence-electron chi connectivity index (χ0n) is 21.8. The third-order valence-corrected chi connectivity index (χ3v) is 7.06. The molecule has 1 saturated carbocycles. The first-order valence-corrected chi connectivity index (χ1v) is 12.7. The van der Waals surface area contributed by atoms with Crippen LogP contribution in [0, 0.1) is 11.8 Å². The average Bonchev–Trinajstić information content (AvgIpc) is 3.63. The van der Waals surface area contributed by atoms with Gasteiger partial charge in [0, 0.05) is 29.5 Å². The van der Waals surface area contributed by atoms with Crippen LogP contribution in [0.2, 0.25) is 0 Å². The number of nitrogens with zero attached hydrogens (tertiary/aromatic N) is 2. The molecule has 2 heterocycles. The minimum atomic E-state index is -5.19. The first-order chi connectivity index (χ1) is 19.6. The number of benzene rings is 2. The van der Waals surface area contributed by atoms with Crippen molar-refractivity contribution in [3.63, 3.8) is 0 Å². The molecule has 3 aromatic rings. The summed E-state index contributed by atoms with van der Waals surface area (Å²) in [6.45, 7) is 3.67. The number of nitrogens with two attached hydrogens (primary N) is 3. The highest BCUT2D eigenvalue weighted by molar-refractivity contribution is 6.04. The van der Waals surface area contributed by atoms with Gasteiger partial charge in [0.2, 0.25) is 0 Å². The molecule has 3 atom stereocenters. The molecule has 10 nitrogen and oxygen atoms in total. The van der Waals surface area contributed by atoms with Gasteiger partial charge in [0.15, 0.2) is 0 Å². The van der Waals surface area contributed by atoms with Crippen molar-refractivity contribution in [3.05, 3.63) is 59.8 Å². The third kappa shape index (κ3) is 8.42. The molecule has 0 spiro atoms. The number of alkyl halides is 6. The van der Waals surface area contributed by atoms with Gasteiger partial charge in [-0.05, 0) is 24.6 Å². The Labute approximate surface area is 234 Å². The van der Waals surface area contributed by atoms with E-state index in [2.05, 4.69) is 40.0 Å². The Morgan fingerprint density at radius 1 is 0.952 bits per heavy atom. The number of primary amides is 1. The van der Waals surface area contributed by atoms with Crippen LogP contribution in [-0.4, -0.2) is 59.1 Å². The molecule has 2 aromatic carbocycles. The quantitative estimate of drug-likeness (QED) is 0.308. The van der Waals surface area contributed by atoms with E-state index in [1.165, 1.54) is 31.5 Å². The van der Waals surface area contributed by atoms with E-state index in [0.717, 1.165) is 35.5 Å². The Morgan fingerprint density at radius 3 is 2.10 bits per heavy atom. The lowest BCUT2D eigenvalue weighted by atomic mass is 9.97. The summed E-state index contributed by atoms with van der Waals surface area (Å²) in [5.74, 6) is -4.62. The smallest absolute Gasteiger partial charge is 0.430 e. The van der Waals surface area contributed by atoms with Crippen LogP contribution in [0.3, 0.4) is 0 Å². The summed E-state index contributed by atoms with van der Waals surface area (Å²) in [5.41, 5.74) is 8.91. The van der Waals surface area contributed by atoms with Gasteiger partial charge >= 0.3 is 12.4 Å². The molecule has 228 valence electrons. The number of hydrogen-bond acceptors (Lipinski definition) is 6. The van der Waals surface area contributed by atoms with Crippen molar-refractivity contribution in [2.75, 3.05) is 13.1 Å². The predicted molar refractivity (Wildman–Crippen MR) is 129 cm³/mol. The highest BCUT2D eigenvalue weighted by Crippen LogP contribution is 2.30. The number of amides is 1. The second-order valence-electron chi connectivity index (χ2n) is 9.78. The number of quaternary nitrogens is 2. The second kappa shape index (κ2) is 13.2. The first-order valence-electron chi connectivity index (χ1n) is 12.7. The van der Waals surface area contributed by atoms with Crippen LogP contribution in [0.1, 0.15) is 28.8 Å². The SMILES string of the molecule is NC(=O)c1cccc2cn(-c3ccc(C[NH2+]C4CCC5C[NH2+]CC54)cc3)nc12.O=C([O-])C(F)(F)F.O=C([O-])C(F)(F)F. The number of rotatable bonds is 5. The standard InChI is InChI=1S/C22H25N5O.2C2HF3O2/c23-22(28)18-3-1-2-16-13-27(26-21(16)18)17-7-4-14(5-8-17)10-25-20-9-6-15-11-24-12-19(15)20;2*3-2(4,5)1(6)7/h1-5,7-8,13,15,19-20,24-25H,6,9-12H2,(H2,23,28);2*(H,6,7). The Kier molecular flexibility index (Phi) is 10.2. The maximum atomic E-state index is 11.6. The predicted octanol–water partition coefficient (Wildman–Crippen LogP) is -1.24. The molecule has 42 heavy (non-hydrogen) atoms. The molecule has 1 aromatic heterocycles. The molecule has 2 fully saturated rings. The van der Waals surface area contributed by atoms with E-state index in [1.807, 2.05) is 23.0 Å². The topological polar surface area (TPSA) is 174 Å². The largest absolute Gasteiger partial charge is 0.542 e. The van der Waals surface area contributed by atoms with Crippen LogP contribution in [0.4, 0.5) is 26.3 Å². The Hall–Kier alpha value is -4.18. The van der Waals surface area contributed by atoms with Crippen molar-refractivity contribution in [1.82, 2.24) is 9.78 Å². The fraction of sp³-hybridized carbons (Fsp3) is 0.385. The fourth-order valence-corrected chi connectivity index (χ4v) is 5.09. The summed E-state index contributed by atoms with van der Waals surface area (Å²) < 4.78 is 64.9. The van der Waals surface area contributed by atoms with Gasteiger partial charge in [0.25, 0.3) is 5.91 Å². The minimum absolute atomic E-state index is 0.448. The Bertz CT molecular complexity index is 1380. The zero-order chi connectivity index (χ0) is 31.2. The maximum absolute atomic E-state index is 11.6. The zero-order valence-corrected chi connectivity index (χ0v) is 21.8. The van der Waals surface area contributed by atoms with Crippen molar-refractivity contribution >= 4 is 28.7 Å². The van der Waals surface area contributed by atoms with Gasteiger partial charge in [-0.25, -0.2) is 4.68 Å². The number of carbonyl (C=O) groups excluding carboxylic acids is 3. The lowest BCUT2D eigenvalue weighted by molar-refractivity contribution is -0.715. The van der Waals surface area contributed by atoms with Crippen molar-refractivity contribution < 1.29 is 61.6 Å². The number of halogens is 6. The van der Waals surface area contributed by atoms with Crippen LogP contribution >= 0.6 is 0 Å². The van der Waals surface area contributed by atoms with E-state index in [4.69, 9.17) is 25.5 Å². The van der Waals surface area contributed by atoms with Gasteiger partial charge in [-0.2, -0.15) is 31.4 Å². The van der Waals surface area contributed by atoms with Crippen molar-refractivity contribution in [2.45, 2.75) is 37.8 Å². The summed E-state index contributed by atoms with van der Waals surface area (Å²) in [6.07, 6.45) is -5.68. The average molecular weight is 604 g/mol. The van der Waals surface area contributed by atoms with E-state index < -0.39 is 30.2 Å². The summed E-state index contributed by atoms with van der Waals surface area (Å²) in [6, 6.07) is 14.8. The van der Waals surface area contributed by atoms with Crippen molar-refractivity contribution in [3.8, 4) is 5.69 Å². The molecule has 1 saturated heterocycles. The van der Waals surface area contributed by atoms with Gasteiger partial charge in [0.05, 0.1) is 36.3 Å². The van der Waals surface area contributed by atoms with Gasteiger partial charge in [0.1, 0.15) is 24.0 Å². The number of aliphatic carboxylic acids is 2. The van der Waals surface area contributed by atoms with Crippen LogP contribution in [0.5, 0.6) is 0 Å². The molecular weight excluding hydrogens is 576 g/mol. The van der Waals surface area contributed by atoms with Gasteiger partial charge in [-0.1, -0.05) is 24.3 Å². The summed E-state index contributed by atoms with van der Waals surface area (Å²) in [7, 11) is 0. The molecule has 0 bridgehead atoms. The van der Waals surface area contributed by atoms with Crippen LogP contribution < -0.4 is 26.6 Å². The summed E-state index contributed by atoms with van der Waals surface area (Å²) in [4.78, 5) is 29.2. The highest BCUT2D eigenvalue weighted by Gasteiger charge is 2.44. The number of aromatic nitrogens is 2. The van der Waals surface area contributed by atoms with E-state index in [9.17, 15) is 31.1 Å². The van der Waals surface area contributed by atoms with Gasteiger partial charge < -0.3 is 36.2 Å². The third-order valence-electron chi connectivity index (χ3n) is 7.06. The number of carboxylic acids is 2. The van der Waals surface area contributed by atoms with Gasteiger partial charge in [-0.3, -0.25) is 4.79 Å². The summed E-state index contributed by atoms with van der Waals surface area (Å²) in [5, 5.41) is 28.1. The summed E-state index contributed by atoms with van der Waals surface area (Å²) >= 11 is 0. The number of carboxylic acid groups (broad SMARTS) is 2. The molecule has 5 rings (SSSR count). The molecule has 1 aliphatic heterocycles. The molecular formula is C26H27F6N5O5. The maximum Gasteiger partial charge on any atom is 0.430 e. The Morgan fingerprint density at radius 2 is 1.55 bits per heavy atom. The fourth-order valence-electron chi connectivity index (χ4n) is 5.09. The van der Waals surface area contributed by atoms with Crippen molar-refractivity contribution in [2.24, 2.45) is 17.6 Å². The monoisotopic (exact) mass is 603 g/mol. The van der Waals surface area contributed by atoms with Crippen LogP contribution in [-0.2, 0) is 16.1 Å². The lowest BCUT2D eigenvalue weighted by Gasteiger charge is -2.14. The molecule has 3 unspecified atom stereocenters. The second-order valence-corrected chi connectivity index (χ2v) is 9.78. The molecule has 0 radical (unpaired) electrons. The van der Waals surface area contributed by atoms with E-state index >= 15 is 0 Å². The van der Waals surface area contributed by atoms with Gasteiger partial charge in [-0.15, -0.1) is 0 Å². The Balaban J connectivity index is 0.000000289. The van der Waals surface area contributed by atoms with Crippen LogP contribution in [0.15, 0.2) is 48.7 Å².